The molecule has 0 radical (unpaired) electrons. The second-order valence-corrected chi connectivity index (χ2v) is 8.49. The van der Waals surface area contributed by atoms with Gasteiger partial charge in [0.15, 0.2) is 0 Å². The van der Waals surface area contributed by atoms with Crippen molar-refractivity contribution < 1.29 is 32.6 Å². The average molecular weight is 434 g/mol. The minimum Gasteiger partial charge on any atom is -0.475 e. The van der Waals surface area contributed by atoms with E-state index in [2.05, 4.69) is 9.80 Å². The van der Waals surface area contributed by atoms with Crippen molar-refractivity contribution in [2.45, 2.75) is 44.0 Å². The maximum absolute atomic E-state index is 12.8. The third-order valence-corrected chi connectivity index (χ3v) is 6.46. The molecule has 0 saturated carbocycles. The number of rotatable bonds is 2. The Balaban J connectivity index is 0.000000298. The standard InChI is InChI=1S/C17H24N2O2S.C2HF3O2/c20-17(15-6-4-10-22-15)19-11-13-5-3-9-21-16(13)14(12-19)18-7-1-2-8-18;3-2(4,5)1(6)7/h4,6,10,13-14,16H,1-3,5,7-9,11-12H2;(H,6,7)/t13-,14+,16-;/m0./s1. The highest BCUT2D eigenvalue weighted by Gasteiger charge is 2.43. The molecule has 4 heterocycles. The quantitative estimate of drug-likeness (QED) is 0.775. The van der Waals surface area contributed by atoms with Crippen molar-refractivity contribution in [3.63, 3.8) is 0 Å². The van der Waals surface area contributed by atoms with Gasteiger partial charge in [-0.05, 0) is 50.2 Å². The number of nitrogens with zero attached hydrogens (tertiary/aromatic N) is 2. The van der Waals surface area contributed by atoms with Crippen molar-refractivity contribution in [2.24, 2.45) is 5.92 Å². The monoisotopic (exact) mass is 434 g/mol. The zero-order chi connectivity index (χ0) is 21.0. The zero-order valence-electron chi connectivity index (χ0n) is 15.9. The summed E-state index contributed by atoms with van der Waals surface area (Å²) in [5.74, 6) is -2.03. The van der Waals surface area contributed by atoms with Gasteiger partial charge in [-0.1, -0.05) is 6.07 Å². The predicted molar refractivity (Wildman–Crippen MR) is 101 cm³/mol. The molecule has 0 bridgehead atoms. The summed E-state index contributed by atoms with van der Waals surface area (Å²) >= 11 is 1.55. The number of hydrogen-bond donors (Lipinski definition) is 1. The molecule has 0 spiro atoms. The van der Waals surface area contributed by atoms with Crippen LogP contribution in [0.3, 0.4) is 0 Å². The first-order valence-electron chi connectivity index (χ1n) is 9.76. The number of carbonyl (C=O) groups is 2. The largest absolute Gasteiger partial charge is 0.490 e. The Bertz CT molecular complexity index is 692. The van der Waals surface area contributed by atoms with Crippen LogP contribution < -0.4 is 0 Å². The van der Waals surface area contributed by atoms with Gasteiger partial charge in [0.05, 0.1) is 17.0 Å². The number of fused-ring (bicyclic) bond motifs is 1. The highest BCUT2D eigenvalue weighted by molar-refractivity contribution is 7.12. The SMILES string of the molecule is O=C(O)C(F)(F)F.O=C(c1cccs1)N1C[C@@H]2CCCO[C@@H]2[C@H](N2CCCC2)C1. The van der Waals surface area contributed by atoms with Crippen LogP contribution in [-0.4, -0.2) is 77.9 Å². The number of likely N-dealkylation sites (tertiary alicyclic amines) is 2. The number of carbonyl (C=O) groups excluding carboxylic acids is 1. The molecular weight excluding hydrogens is 409 g/mol. The van der Waals surface area contributed by atoms with Gasteiger partial charge in [-0.3, -0.25) is 9.69 Å². The molecule has 0 aliphatic carbocycles. The number of ether oxygens (including phenoxy) is 1. The van der Waals surface area contributed by atoms with Crippen LogP contribution in [-0.2, 0) is 9.53 Å². The predicted octanol–water partition coefficient (Wildman–Crippen LogP) is 3.10. The molecule has 0 unspecified atom stereocenters. The second kappa shape index (κ2) is 9.44. The van der Waals surface area contributed by atoms with Crippen LogP contribution >= 0.6 is 11.3 Å². The van der Waals surface area contributed by atoms with E-state index in [4.69, 9.17) is 14.6 Å². The van der Waals surface area contributed by atoms with Gasteiger partial charge < -0.3 is 14.7 Å². The van der Waals surface area contributed by atoms with Crippen LogP contribution in [0.1, 0.15) is 35.4 Å². The van der Waals surface area contributed by atoms with Gasteiger partial charge in [-0.15, -0.1) is 11.3 Å². The van der Waals surface area contributed by atoms with Gasteiger partial charge in [0.25, 0.3) is 5.91 Å². The fraction of sp³-hybridized carbons (Fsp3) is 0.684. The Morgan fingerprint density at radius 2 is 1.86 bits per heavy atom. The minimum absolute atomic E-state index is 0.211. The molecule has 162 valence electrons. The van der Waals surface area contributed by atoms with Gasteiger partial charge in [0.1, 0.15) is 0 Å². The molecule has 3 fully saturated rings. The van der Waals surface area contributed by atoms with Crippen LogP contribution in [0.15, 0.2) is 17.5 Å². The van der Waals surface area contributed by atoms with Crippen LogP contribution in [0, 0.1) is 5.92 Å². The first kappa shape index (κ1) is 22.0. The summed E-state index contributed by atoms with van der Waals surface area (Å²) in [5, 5.41) is 9.11. The molecule has 1 N–H and O–H groups in total. The number of carboxylic acids is 1. The summed E-state index contributed by atoms with van der Waals surface area (Å²) < 4.78 is 37.9. The molecule has 0 aromatic carbocycles. The number of piperidine rings is 1. The fourth-order valence-electron chi connectivity index (χ4n) is 4.29. The Morgan fingerprint density at radius 1 is 1.17 bits per heavy atom. The van der Waals surface area contributed by atoms with Crippen molar-refractivity contribution >= 4 is 23.2 Å². The molecule has 1 amide bonds. The van der Waals surface area contributed by atoms with Crippen LogP contribution in [0.5, 0.6) is 0 Å². The van der Waals surface area contributed by atoms with E-state index in [1.165, 1.54) is 19.3 Å². The van der Waals surface area contributed by atoms with Crippen LogP contribution in [0.2, 0.25) is 0 Å². The molecule has 3 atom stereocenters. The topological polar surface area (TPSA) is 70.1 Å². The fourth-order valence-corrected chi connectivity index (χ4v) is 4.98. The van der Waals surface area contributed by atoms with Crippen LogP contribution in [0.4, 0.5) is 13.2 Å². The lowest BCUT2D eigenvalue weighted by Crippen LogP contribution is -2.61. The number of alkyl halides is 3. The smallest absolute Gasteiger partial charge is 0.475 e. The highest BCUT2D eigenvalue weighted by atomic mass is 32.1. The highest BCUT2D eigenvalue weighted by Crippen LogP contribution is 2.33. The Morgan fingerprint density at radius 3 is 2.45 bits per heavy atom. The Labute approximate surface area is 171 Å². The third kappa shape index (κ3) is 5.49. The van der Waals surface area contributed by atoms with Crippen molar-refractivity contribution in [2.75, 3.05) is 32.8 Å². The van der Waals surface area contributed by atoms with E-state index >= 15 is 0 Å². The van der Waals surface area contributed by atoms with Gasteiger partial charge in [0.2, 0.25) is 0 Å². The third-order valence-electron chi connectivity index (χ3n) is 5.61. The van der Waals surface area contributed by atoms with E-state index in [1.54, 1.807) is 11.3 Å². The zero-order valence-corrected chi connectivity index (χ0v) is 16.8. The van der Waals surface area contributed by atoms with Crippen molar-refractivity contribution in [3.8, 4) is 0 Å². The van der Waals surface area contributed by atoms with E-state index < -0.39 is 12.1 Å². The number of carboxylic acid groups (broad SMARTS) is 1. The summed E-state index contributed by atoms with van der Waals surface area (Å²) in [7, 11) is 0. The van der Waals surface area contributed by atoms with Crippen molar-refractivity contribution in [1.82, 2.24) is 9.80 Å². The number of hydrogen-bond acceptors (Lipinski definition) is 5. The van der Waals surface area contributed by atoms with E-state index in [1.807, 2.05) is 17.5 Å². The molecule has 29 heavy (non-hydrogen) atoms. The van der Waals surface area contributed by atoms with Gasteiger partial charge in [-0.2, -0.15) is 13.2 Å². The Hall–Kier alpha value is -1.65. The molecule has 1 aromatic heterocycles. The summed E-state index contributed by atoms with van der Waals surface area (Å²) in [6.45, 7) is 4.92. The molecule has 3 saturated heterocycles. The van der Waals surface area contributed by atoms with Crippen molar-refractivity contribution in [3.05, 3.63) is 22.4 Å². The van der Waals surface area contributed by atoms with Crippen molar-refractivity contribution in [1.29, 1.82) is 0 Å². The lowest BCUT2D eigenvalue weighted by Gasteiger charge is -2.48. The summed E-state index contributed by atoms with van der Waals surface area (Å²) in [4.78, 5) is 27.2. The second-order valence-electron chi connectivity index (χ2n) is 7.54. The summed E-state index contributed by atoms with van der Waals surface area (Å²) in [6, 6.07) is 4.30. The molecule has 3 aliphatic heterocycles. The minimum atomic E-state index is -5.08. The van der Waals surface area contributed by atoms with E-state index in [-0.39, 0.29) is 5.91 Å². The maximum atomic E-state index is 12.8. The number of aliphatic carboxylic acids is 1. The average Bonchev–Trinajstić information content (AvgIpc) is 3.40. The number of halogens is 3. The van der Waals surface area contributed by atoms with Gasteiger partial charge in [-0.25, -0.2) is 4.79 Å². The van der Waals surface area contributed by atoms with E-state index in [9.17, 15) is 18.0 Å². The molecular formula is C19H25F3N2O4S. The molecule has 4 rings (SSSR count). The maximum Gasteiger partial charge on any atom is 0.490 e. The molecule has 3 aliphatic rings. The molecule has 10 heteroatoms. The van der Waals surface area contributed by atoms with Gasteiger partial charge >= 0.3 is 12.1 Å². The van der Waals surface area contributed by atoms with E-state index in [0.29, 0.717) is 18.1 Å². The normalized spacial score (nSPS) is 27.7. The summed E-state index contributed by atoms with van der Waals surface area (Å²) in [5.41, 5.74) is 0. The Kier molecular flexibility index (Phi) is 7.18. The summed E-state index contributed by atoms with van der Waals surface area (Å²) in [6.07, 6.45) is 0.150. The molecule has 1 aromatic rings. The number of amides is 1. The number of thiophene rings is 1. The lowest BCUT2D eigenvalue weighted by molar-refractivity contribution is -0.192. The molecule has 6 nitrogen and oxygen atoms in total. The first-order valence-corrected chi connectivity index (χ1v) is 10.6. The van der Waals surface area contributed by atoms with Crippen LogP contribution in [0.25, 0.3) is 0 Å². The van der Waals surface area contributed by atoms with Gasteiger partial charge in [0, 0.05) is 25.6 Å². The first-order chi connectivity index (χ1) is 13.8. The van der Waals surface area contributed by atoms with E-state index in [0.717, 1.165) is 44.1 Å². The lowest BCUT2D eigenvalue weighted by atomic mass is 9.84.